The monoisotopic (exact) mass is 366 g/mol. The average molecular weight is 366 g/mol. The van der Waals surface area contributed by atoms with E-state index in [2.05, 4.69) is 5.32 Å². The van der Waals surface area contributed by atoms with Crippen LogP contribution in [-0.4, -0.2) is 49.1 Å². The fourth-order valence-electron chi connectivity index (χ4n) is 3.97. The summed E-state index contributed by atoms with van der Waals surface area (Å²) in [6.45, 7) is 5.60. The third kappa shape index (κ3) is 3.58. The van der Waals surface area contributed by atoms with Crippen LogP contribution in [0.2, 0.25) is 0 Å². The van der Waals surface area contributed by atoms with Crippen molar-refractivity contribution in [1.82, 2.24) is 10.2 Å². The van der Waals surface area contributed by atoms with Crippen molar-refractivity contribution >= 4 is 11.8 Å². The predicted molar refractivity (Wildman–Crippen MR) is 91.5 cm³/mol. The van der Waals surface area contributed by atoms with Crippen LogP contribution in [0.15, 0.2) is 18.2 Å². The lowest BCUT2D eigenvalue weighted by Crippen LogP contribution is -2.46. The molecule has 26 heavy (non-hydrogen) atoms. The van der Waals surface area contributed by atoms with E-state index >= 15 is 0 Å². The summed E-state index contributed by atoms with van der Waals surface area (Å²) < 4.78 is 32.1. The van der Waals surface area contributed by atoms with Gasteiger partial charge in [-0.05, 0) is 44.9 Å². The lowest BCUT2D eigenvalue weighted by atomic mass is 9.71. The molecule has 1 spiro atoms. The molecule has 1 aromatic rings. The quantitative estimate of drug-likeness (QED) is 0.893. The first kappa shape index (κ1) is 18.8. The molecule has 2 aliphatic rings. The van der Waals surface area contributed by atoms with Crippen molar-refractivity contribution in [3.8, 4) is 0 Å². The molecule has 0 bridgehead atoms. The van der Waals surface area contributed by atoms with Crippen molar-refractivity contribution in [1.29, 1.82) is 0 Å². The molecule has 2 amide bonds. The van der Waals surface area contributed by atoms with Crippen molar-refractivity contribution in [2.45, 2.75) is 32.7 Å². The lowest BCUT2D eigenvalue weighted by molar-refractivity contribution is -0.130. The Balaban J connectivity index is 1.84. The Kier molecular flexibility index (Phi) is 5.27. The number of nitrogens with one attached hydrogen (secondary N) is 1. The number of halogens is 2. The Morgan fingerprint density at radius 1 is 1.23 bits per heavy atom. The second kappa shape index (κ2) is 7.31. The van der Waals surface area contributed by atoms with Gasteiger partial charge in [0.15, 0.2) is 11.6 Å². The molecule has 5 nitrogen and oxygen atoms in total. The first-order valence-electron chi connectivity index (χ1n) is 8.95. The van der Waals surface area contributed by atoms with Gasteiger partial charge in [0.05, 0.1) is 5.92 Å². The van der Waals surface area contributed by atoms with Crippen molar-refractivity contribution < 1.29 is 23.1 Å². The molecule has 0 aromatic heterocycles. The minimum absolute atomic E-state index is 0.00957. The summed E-state index contributed by atoms with van der Waals surface area (Å²) in [5, 5.41) is 2.94. The number of hydrogen-bond acceptors (Lipinski definition) is 3. The first-order valence-corrected chi connectivity index (χ1v) is 8.95. The van der Waals surface area contributed by atoms with E-state index < -0.39 is 11.6 Å². The zero-order valence-electron chi connectivity index (χ0n) is 15.1. The number of likely N-dealkylation sites (tertiary alicyclic amines) is 1. The van der Waals surface area contributed by atoms with Crippen molar-refractivity contribution in [2.75, 3.05) is 26.3 Å². The van der Waals surface area contributed by atoms with Gasteiger partial charge in [0.1, 0.15) is 0 Å². The maximum absolute atomic E-state index is 13.5. The minimum Gasteiger partial charge on any atom is -0.381 e. The number of carbonyl (C=O) groups excluding carboxylic acids is 2. The van der Waals surface area contributed by atoms with Gasteiger partial charge in [-0.3, -0.25) is 9.59 Å². The molecular weight excluding hydrogens is 342 g/mol. The van der Waals surface area contributed by atoms with E-state index in [0.717, 1.165) is 12.1 Å². The van der Waals surface area contributed by atoms with Gasteiger partial charge in [0.2, 0.25) is 5.91 Å². The van der Waals surface area contributed by atoms with Crippen LogP contribution in [0, 0.1) is 23.0 Å². The standard InChI is InChI=1S/C19H24F2N2O3/c1-12(2)22-17(24)14-10-23(11-19(14)5-7-26-8-6-19)18(25)13-3-4-15(20)16(21)9-13/h3-4,9,12,14H,5-8,10-11H2,1-2H3,(H,22,24)/t14-/m1/s1. The van der Waals surface area contributed by atoms with Crippen molar-refractivity contribution in [2.24, 2.45) is 11.3 Å². The first-order chi connectivity index (χ1) is 12.3. The van der Waals surface area contributed by atoms with Gasteiger partial charge in [-0.2, -0.15) is 0 Å². The SMILES string of the molecule is CC(C)NC(=O)[C@H]1CN(C(=O)c2ccc(F)c(F)c2)CC12CCOCC2. The number of benzene rings is 1. The Morgan fingerprint density at radius 3 is 2.54 bits per heavy atom. The maximum atomic E-state index is 13.5. The zero-order valence-corrected chi connectivity index (χ0v) is 15.1. The summed E-state index contributed by atoms with van der Waals surface area (Å²) in [7, 11) is 0. The largest absolute Gasteiger partial charge is 0.381 e. The Bertz CT molecular complexity index is 702. The van der Waals surface area contributed by atoms with Crippen LogP contribution in [0.4, 0.5) is 8.78 Å². The highest BCUT2D eigenvalue weighted by molar-refractivity contribution is 5.95. The van der Waals surface area contributed by atoms with Crippen LogP contribution in [0.5, 0.6) is 0 Å². The van der Waals surface area contributed by atoms with Crippen LogP contribution >= 0.6 is 0 Å². The summed E-state index contributed by atoms with van der Waals surface area (Å²) >= 11 is 0. The molecule has 142 valence electrons. The topological polar surface area (TPSA) is 58.6 Å². The van der Waals surface area contributed by atoms with Crippen LogP contribution in [0.1, 0.15) is 37.0 Å². The summed E-state index contributed by atoms with van der Waals surface area (Å²) in [6, 6.07) is 3.15. The molecule has 7 heteroatoms. The van der Waals surface area contributed by atoms with E-state index in [4.69, 9.17) is 4.74 Å². The molecular formula is C19H24F2N2O3. The zero-order chi connectivity index (χ0) is 18.9. The molecule has 2 fully saturated rings. The molecule has 0 aliphatic carbocycles. The van der Waals surface area contributed by atoms with Gasteiger partial charge >= 0.3 is 0 Å². The second-order valence-corrected chi connectivity index (χ2v) is 7.51. The fourth-order valence-corrected chi connectivity index (χ4v) is 3.97. The molecule has 2 saturated heterocycles. The number of carbonyl (C=O) groups is 2. The molecule has 0 unspecified atom stereocenters. The van der Waals surface area contributed by atoms with Gasteiger partial charge in [-0.1, -0.05) is 0 Å². The maximum Gasteiger partial charge on any atom is 0.254 e. The highest BCUT2D eigenvalue weighted by atomic mass is 19.2. The summed E-state index contributed by atoms with van der Waals surface area (Å²) in [4.78, 5) is 27.1. The Morgan fingerprint density at radius 2 is 1.92 bits per heavy atom. The minimum atomic E-state index is -1.05. The van der Waals surface area contributed by atoms with E-state index in [1.807, 2.05) is 13.8 Å². The van der Waals surface area contributed by atoms with E-state index in [-0.39, 0.29) is 41.3 Å². The third-order valence-electron chi connectivity index (χ3n) is 5.34. The molecule has 2 heterocycles. The summed E-state index contributed by atoms with van der Waals surface area (Å²) in [6.07, 6.45) is 1.40. The summed E-state index contributed by atoms with van der Waals surface area (Å²) in [5.41, 5.74) is -0.234. The molecule has 1 aromatic carbocycles. The average Bonchev–Trinajstić information content (AvgIpc) is 2.95. The van der Waals surface area contributed by atoms with E-state index in [9.17, 15) is 18.4 Å². The highest BCUT2D eigenvalue weighted by Crippen LogP contribution is 2.44. The number of hydrogen-bond donors (Lipinski definition) is 1. The van der Waals surface area contributed by atoms with Crippen LogP contribution < -0.4 is 5.32 Å². The molecule has 2 aliphatic heterocycles. The van der Waals surface area contributed by atoms with Gasteiger partial charge < -0.3 is 15.0 Å². The number of nitrogens with zero attached hydrogens (tertiary/aromatic N) is 1. The van der Waals surface area contributed by atoms with E-state index in [0.29, 0.717) is 32.6 Å². The molecule has 1 N–H and O–H groups in total. The lowest BCUT2D eigenvalue weighted by Gasteiger charge is -2.37. The number of amides is 2. The van der Waals surface area contributed by atoms with Crippen LogP contribution in [-0.2, 0) is 9.53 Å². The smallest absolute Gasteiger partial charge is 0.254 e. The van der Waals surface area contributed by atoms with Crippen molar-refractivity contribution in [3.05, 3.63) is 35.4 Å². The Hall–Kier alpha value is -2.02. The van der Waals surface area contributed by atoms with Gasteiger partial charge in [0, 0.05) is 43.3 Å². The molecule has 0 radical (unpaired) electrons. The van der Waals surface area contributed by atoms with Crippen molar-refractivity contribution in [3.63, 3.8) is 0 Å². The predicted octanol–water partition coefficient (Wildman–Crippen LogP) is 2.36. The fraction of sp³-hybridized carbons (Fsp3) is 0.579. The number of rotatable bonds is 3. The highest BCUT2D eigenvalue weighted by Gasteiger charge is 2.51. The van der Waals surface area contributed by atoms with Crippen LogP contribution in [0.3, 0.4) is 0 Å². The second-order valence-electron chi connectivity index (χ2n) is 7.51. The van der Waals surface area contributed by atoms with Gasteiger partial charge in [-0.15, -0.1) is 0 Å². The van der Waals surface area contributed by atoms with E-state index in [1.54, 1.807) is 4.90 Å². The number of ether oxygens (including phenoxy) is 1. The molecule has 0 saturated carbocycles. The molecule has 3 rings (SSSR count). The third-order valence-corrected chi connectivity index (χ3v) is 5.34. The normalized spacial score (nSPS) is 22.0. The summed E-state index contributed by atoms with van der Waals surface area (Å²) in [5.74, 6) is -2.82. The van der Waals surface area contributed by atoms with E-state index in [1.165, 1.54) is 6.07 Å². The van der Waals surface area contributed by atoms with Crippen LogP contribution in [0.25, 0.3) is 0 Å². The van der Waals surface area contributed by atoms with Gasteiger partial charge in [-0.25, -0.2) is 8.78 Å². The Labute approximate surface area is 151 Å². The van der Waals surface area contributed by atoms with Gasteiger partial charge in [0.25, 0.3) is 5.91 Å². The molecule has 1 atom stereocenters.